The van der Waals surface area contributed by atoms with E-state index >= 15 is 0 Å². The van der Waals surface area contributed by atoms with Crippen LogP contribution in [0.3, 0.4) is 0 Å². The van der Waals surface area contributed by atoms with Crippen molar-refractivity contribution in [1.29, 1.82) is 0 Å². The van der Waals surface area contributed by atoms with Crippen LogP contribution in [0.4, 0.5) is 11.4 Å². The van der Waals surface area contributed by atoms with E-state index in [0.717, 1.165) is 29.8 Å². The minimum atomic E-state index is -2.42. The van der Waals surface area contributed by atoms with Crippen molar-refractivity contribution in [2.75, 3.05) is 6.54 Å². The van der Waals surface area contributed by atoms with Gasteiger partial charge in [-0.15, -0.1) is 0 Å². The van der Waals surface area contributed by atoms with Gasteiger partial charge in [-0.05, 0) is 30.5 Å². The molecule has 0 N–H and O–H groups in total. The van der Waals surface area contributed by atoms with Crippen molar-refractivity contribution in [3.05, 3.63) is 242 Å². The monoisotopic (exact) mass is 773 g/mol. The maximum absolute atomic E-state index is 5.83. The zero-order valence-electron chi connectivity index (χ0n) is 31.9. The Morgan fingerprint density at radius 2 is 0.649 bits per heavy atom. The SMILES string of the molecule is C(=NCCCc1ccccc1N=P(c1ccccc1)(c1ccccc1)c1ccccc1)c1ccccc1N=P(c1ccccc1)(c1ccccc1)c1ccccc1. The summed E-state index contributed by atoms with van der Waals surface area (Å²) in [5.41, 5.74) is 4.23. The molecule has 0 spiro atoms. The number of hydrogen-bond acceptors (Lipinski definition) is 3. The second kappa shape index (κ2) is 18.2. The minimum Gasteiger partial charge on any atom is -0.292 e. The molecule has 0 unspecified atom stereocenters. The van der Waals surface area contributed by atoms with Crippen LogP contribution >= 0.6 is 14.1 Å². The van der Waals surface area contributed by atoms with Crippen molar-refractivity contribution >= 4 is 63.5 Å². The lowest BCUT2D eigenvalue weighted by Gasteiger charge is -2.27. The molecule has 0 saturated heterocycles. The number of benzene rings is 8. The van der Waals surface area contributed by atoms with Gasteiger partial charge in [0.1, 0.15) is 0 Å². The van der Waals surface area contributed by atoms with Crippen molar-refractivity contribution in [2.45, 2.75) is 12.8 Å². The topological polar surface area (TPSA) is 37.1 Å². The zero-order valence-corrected chi connectivity index (χ0v) is 33.7. The molecule has 0 heterocycles. The average molecular weight is 774 g/mol. The Kier molecular flexibility index (Phi) is 12.1. The summed E-state index contributed by atoms with van der Waals surface area (Å²) in [4.78, 5) is 5.02. The first kappa shape index (κ1) is 37.8. The summed E-state index contributed by atoms with van der Waals surface area (Å²) in [6.45, 7) is 0.690. The highest BCUT2D eigenvalue weighted by Gasteiger charge is 2.29. The maximum Gasteiger partial charge on any atom is 0.0712 e. The van der Waals surface area contributed by atoms with Gasteiger partial charge in [-0.25, -0.2) is 0 Å². The molecule has 0 aliphatic rings. The quantitative estimate of drug-likeness (QED) is 0.0636. The molecule has 5 heteroatoms. The maximum atomic E-state index is 5.83. The van der Waals surface area contributed by atoms with E-state index in [2.05, 4.69) is 231 Å². The lowest BCUT2D eigenvalue weighted by atomic mass is 10.1. The molecule has 0 aromatic heterocycles. The van der Waals surface area contributed by atoms with Crippen molar-refractivity contribution in [1.82, 2.24) is 0 Å². The molecule has 0 saturated carbocycles. The van der Waals surface area contributed by atoms with E-state index in [1.54, 1.807) is 0 Å². The van der Waals surface area contributed by atoms with E-state index in [-0.39, 0.29) is 0 Å². The van der Waals surface area contributed by atoms with Crippen LogP contribution in [0, 0.1) is 0 Å². The fourth-order valence-corrected chi connectivity index (χ4v) is 14.6. The molecule has 0 bridgehead atoms. The molecule has 0 aliphatic carbocycles. The van der Waals surface area contributed by atoms with E-state index in [4.69, 9.17) is 14.5 Å². The van der Waals surface area contributed by atoms with E-state index in [0.29, 0.717) is 6.54 Å². The second-order valence-corrected chi connectivity index (χ2v) is 19.9. The average Bonchev–Trinajstić information content (AvgIpc) is 3.30. The van der Waals surface area contributed by atoms with Gasteiger partial charge in [0, 0.05) is 50.2 Å². The van der Waals surface area contributed by atoms with Crippen molar-refractivity contribution in [3.63, 3.8) is 0 Å². The Hall–Kier alpha value is -6.11. The highest BCUT2D eigenvalue weighted by Crippen LogP contribution is 2.51. The van der Waals surface area contributed by atoms with Crippen LogP contribution in [0.15, 0.2) is 245 Å². The standard InChI is InChI=1S/C52H45N3P2/c1-7-27-45(28-8-1)56(46-29-9-2-10-30-46,47-31-11-3-12-32-47)54-51-39-21-19-24-43(51)26-23-41-53-42-44-25-20-22-40-52(44)55-57(48-33-13-4-14-34-48,49-35-15-5-16-36-49)50-37-17-6-18-38-50/h1-22,24-25,27-40,42H,23,26,41H2. The Labute approximate surface area is 337 Å². The van der Waals surface area contributed by atoms with Crippen LogP contribution in [-0.4, -0.2) is 12.8 Å². The number of nitrogens with zero attached hydrogens (tertiary/aromatic N) is 3. The van der Waals surface area contributed by atoms with Gasteiger partial charge in [-0.1, -0.05) is 218 Å². The van der Waals surface area contributed by atoms with Gasteiger partial charge in [-0.2, -0.15) is 0 Å². The molecule has 278 valence electrons. The number of aryl methyl sites for hydroxylation is 1. The van der Waals surface area contributed by atoms with E-state index in [9.17, 15) is 0 Å². The lowest BCUT2D eigenvalue weighted by Crippen LogP contribution is -2.25. The molecule has 0 atom stereocenters. The van der Waals surface area contributed by atoms with Crippen LogP contribution in [0.5, 0.6) is 0 Å². The Morgan fingerprint density at radius 1 is 0.333 bits per heavy atom. The Balaban J connectivity index is 1.13. The molecule has 0 radical (unpaired) electrons. The van der Waals surface area contributed by atoms with Crippen molar-refractivity contribution in [2.24, 2.45) is 14.5 Å². The first-order valence-corrected chi connectivity index (χ1v) is 23.0. The molecule has 57 heavy (non-hydrogen) atoms. The lowest BCUT2D eigenvalue weighted by molar-refractivity contribution is 0.836. The third kappa shape index (κ3) is 8.23. The number of hydrogen-bond donors (Lipinski definition) is 0. The first-order valence-electron chi connectivity index (χ1n) is 19.5. The minimum absolute atomic E-state index is 0.690. The third-order valence-electron chi connectivity index (χ3n) is 10.2. The van der Waals surface area contributed by atoms with E-state index in [1.165, 1.54) is 37.4 Å². The Bertz CT molecular complexity index is 2440. The fourth-order valence-electron chi connectivity index (χ4n) is 7.46. The third-order valence-corrected chi connectivity index (χ3v) is 17.5. The summed E-state index contributed by atoms with van der Waals surface area (Å²) in [5, 5.41) is 7.38. The van der Waals surface area contributed by atoms with Gasteiger partial charge in [0.15, 0.2) is 0 Å². The van der Waals surface area contributed by atoms with Crippen molar-refractivity contribution in [3.8, 4) is 0 Å². The first-order chi connectivity index (χ1) is 28.3. The summed E-state index contributed by atoms with van der Waals surface area (Å²) in [7, 11) is -4.81. The smallest absolute Gasteiger partial charge is 0.0712 e. The summed E-state index contributed by atoms with van der Waals surface area (Å²) in [6, 6.07) is 81.9. The van der Waals surface area contributed by atoms with Gasteiger partial charge in [-0.3, -0.25) is 14.5 Å². The highest BCUT2D eigenvalue weighted by atomic mass is 31.2. The summed E-state index contributed by atoms with van der Waals surface area (Å²) in [6.07, 6.45) is 3.78. The molecule has 0 aliphatic heterocycles. The fraction of sp³-hybridized carbons (Fsp3) is 0.0577. The second-order valence-electron chi connectivity index (χ2n) is 13.8. The van der Waals surface area contributed by atoms with Crippen LogP contribution in [0.25, 0.3) is 0 Å². The summed E-state index contributed by atoms with van der Waals surface area (Å²) < 4.78 is 11.6. The van der Waals surface area contributed by atoms with Gasteiger partial charge < -0.3 is 0 Å². The molecular weight excluding hydrogens is 729 g/mol. The normalized spacial score (nSPS) is 11.6. The van der Waals surface area contributed by atoms with Gasteiger partial charge in [0.05, 0.1) is 25.5 Å². The van der Waals surface area contributed by atoms with Crippen LogP contribution < -0.4 is 31.8 Å². The van der Waals surface area contributed by atoms with E-state index in [1.807, 2.05) is 6.21 Å². The van der Waals surface area contributed by atoms with Crippen LogP contribution in [0.1, 0.15) is 17.5 Å². The molecule has 8 aromatic carbocycles. The molecule has 0 amide bonds. The molecule has 8 aromatic rings. The predicted molar refractivity (Wildman–Crippen MR) is 248 cm³/mol. The molecule has 0 fully saturated rings. The van der Waals surface area contributed by atoms with E-state index < -0.39 is 14.1 Å². The summed E-state index contributed by atoms with van der Waals surface area (Å²) >= 11 is 0. The molecule has 8 rings (SSSR count). The number of rotatable bonds is 13. The molecular formula is C52H45N3P2. The highest BCUT2D eigenvalue weighted by molar-refractivity contribution is 7.88. The van der Waals surface area contributed by atoms with Crippen molar-refractivity contribution < 1.29 is 0 Å². The van der Waals surface area contributed by atoms with Crippen LogP contribution in [-0.2, 0) is 6.42 Å². The van der Waals surface area contributed by atoms with Crippen LogP contribution in [0.2, 0.25) is 0 Å². The Morgan fingerprint density at radius 3 is 1.05 bits per heavy atom. The zero-order chi connectivity index (χ0) is 38.6. The largest absolute Gasteiger partial charge is 0.292 e. The van der Waals surface area contributed by atoms with Gasteiger partial charge in [0.2, 0.25) is 0 Å². The van der Waals surface area contributed by atoms with Gasteiger partial charge in [0.25, 0.3) is 0 Å². The van der Waals surface area contributed by atoms with Gasteiger partial charge >= 0.3 is 0 Å². The predicted octanol–water partition coefficient (Wildman–Crippen LogP) is 11.4. The molecule has 3 nitrogen and oxygen atoms in total. The number of aliphatic imine (C=N–C) groups is 1. The summed E-state index contributed by atoms with van der Waals surface area (Å²) in [5.74, 6) is 0.